The molecular weight excluding hydrogens is 448 g/mol. The van der Waals surface area contributed by atoms with Crippen molar-refractivity contribution in [2.24, 2.45) is 14.1 Å². The van der Waals surface area contributed by atoms with Gasteiger partial charge in [-0.2, -0.15) is 8.78 Å². The Balaban J connectivity index is 1.61. The van der Waals surface area contributed by atoms with Gasteiger partial charge in [0.25, 0.3) is 5.56 Å². The van der Waals surface area contributed by atoms with Gasteiger partial charge in [-0.25, -0.2) is 14.3 Å². The number of nitrogens with zero attached hydrogens (tertiary/aromatic N) is 4. The first kappa shape index (κ1) is 22.9. The summed E-state index contributed by atoms with van der Waals surface area (Å²) in [6.07, 6.45) is 1.71. The Labute approximate surface area is 191 Å². The maximum Gasteiger partial charge on any atom is 0.387 e. The van der Waals surface area contributed by atoms with Crippen LogP contribution in [0.2, 0.25) is 0 Å². The average molecular weight is 469 g/mol. The van der Waals surface area contributed by atoms with E-state index >= 15 is 0 Å². The standard InChI is InChI=1S/C23H21F2N5O4/c1-28-13-26-20-19(28)21(32)30(23(33)29(20)2)12-18(31)27-16-8-9-17(34-22(24)25)15(11-16)10-14-6-4-3-5-7-14/h3-9,11,13,22H,10,12H2,1-2H3,(H,27,31). The summed E-state index contributed by atoms with van der Waals surface area (Å²) in [6.45, 7) is -3.53. The molecule has 2 aromatic heterocycles. The second kappa shape index (κ2) is 9.30. The Kier molecular flexibility index (Phi) is 6.26. The number of amides is 1. The first-order chi connectivity index (χ1) is 16.2. The molecule has 0 saturated heterocycles. The number of fused-ring (bicyclic) bond motifs is 1. The van der Waals surface area contributed by atoms with Gasteiger partial charge >= 0.3 is 12.3 Å². The lowest BCUT2D eigenvalue weighted by Gasteiger charge is -2.14. The molecule has 1 N–H and O–H groups in total. The predicted molar refractivity (Wildman–Crippen MR) is 121 cm³/mol. The van der Waals surface area contributed by atoms with Crippen molar-refractivity contribution in [1.82, 2.24) is 18.7 Å². The highest BCUT2D eigenvalue weighted by Crippen LogP contribution is 2.27. The molecule has 176 valence electrons. The van der Waals surface area contributed by atoms with Crippen LogP contribution in [0.5, 0.6) is 5.75 Å². The number of nitrogens with one attached hydrogen (secondary N) is 1. The van der Waals surface area contributed by atoms with Crippen LogP contribution < -0.4 is 21.3 Å². The summed E-state index contributed by atoms with van der Waals surface area (Å²) in [5.41, 5.74) is 0.695. The highest BCUT2D eigenvalue weighted by molar-refractivity contribution is 5.91. The van der Waals surface area contributed by atoms with Crippen LogP contribution in [-0.2, 0) is 31.9 Å². The van der Waals surface area contributed by atoms with Crippen LogP contribution in [0.3, 0.4) is 0 Å². The van der Waals surface area contributed by atoms with E-state index in [1.54, 1.807) is 7.05 Å². The minimum absolute atomic E-state index is 0.0106. The van der Waals surface area contributed by atoms with E-state index in [0.29, 0.717) is 17.7 Å². The Morgan fingerprint density at radius 2 is 1.85 bits per heavy atom. The van der Waals surface area contributed by atoms with Crippen molar-refractivity contribution >= 4 is 22.8 Å². The summed E-state index contributed by atoms with van der Waals surface area (Å²) in [4.78, 5) is 42.2. The van der Waals surface area contributed by atoms with E-state index in [2.05, 4.69) is 15.0 Å². The molecule has 0 spiro atoms. The zero-order valence-corrected chi connectivity index (χ0v) is 18.4. The van der Waals surface area contributed by atoms with Crippen molar-refractivity contribution in [3.05, 3.63) is 86.8 Å². The van der Waals surface area contributed by atoms with Crippen molar-refractivity contribution in [1.29, 1.82) is 0 Å². The SMILES string of the molecule is Cn1cnc2c1c(=O)n(CC(=O)Nc1ccc(OC(F)F)c(Cc3ccccc3)c1)c(=O)n2C. The van der Waals surface area contributed by atoms with Crippen molar-refractivity contribution in [2.45, 2.75) is 19.6 Å². The number of aryl methyl sites for hydroxylation is 2. The zero-order valence-electron chi connectivity index (χ0n) is 18.4. The van der Waals surface area contributed by atoms with Gasteiger partial charge in [-0.05, 0) is 23.8 Å². The number of alkyl halides is 2. The number of aromatic nitrogens is 4. The van der Waals surface area contributed by atoms with Gasteiger partial charge in [0, 0.05) is 31.8 Å². The minimum Gasteiger partial charge on any atom is -0.435 e. The third kappa shape index (κ3) is 4.58. The Hall–Kier alpha value is -4.28. The summed E-state index contributed by atoms with van der Waals surface area (Å²) < 4.78 is 33.8. The number of hydrogen-bond donors (Lipinski definition) is 1. The summed E-state index contributed by atoms with van der Waals surface area (Å²) in [7, 11) is 3.08. The van der Waals surface area contributed by atoms with E-state index in [1.165, 1.54) is 40.7 Å². The van der Waals surface area contributed by atoms with Crippen molar-refractivity contribution in [3.8, 4) is 5.75 Å². The lowest BCUT2D eigenvalue weighted by Crippen LogP contribution is -2.42. The smallest absolute Gasteiger partial charge is 0.387 e. The van der Waals surface area contributed by atoms with E-state index in [1.807, 2.05) is 30.3 Å². The highest BCUT2D eigenvalue weighted by atomic mass is 19.3. The molecule has 4 aromatic rings. The van der Waals surface area contributed by atoms with E-state index < -0.39 is 30.3 Å². The minimum atomic E-state index is -3.00. The molecule has 0 saturated carbocycles. The molecule has 0 unspecified atom stereocenters. The van der Waals surface area contributed by atoms with Crippen LogP contribution in [0.15, 0.2) is 64.4 Å². The topological polar surface area (TPSA) is 100 Å². The fourth-order valence-corrected chi connectivity index (χ4v) is 3.70. The fourth-order valence-electron chi connectivity index (χ4n) is 3.70. The quantitative estimate of drug-likeness (QED) is 0.448. The lowest BCUT2D eigenvalue weighted by atomic mass is 10.0. The normalized spacial score (nSPS) is 11.2. The van der Waals surface area contributed by atoms with Crippen molar-refractivity contribution in [3.63, 3.8) is 0 Å². The summed E-state index contributed by atoms with van der Waals surface area (Å²) in [5, 5.41) is 2.62. The van der Waals surface area contributed by atoms with Crippen LogP contribution >= 0.6 is 0 Å². The van der Waals surface area contributed by atoms with Gasteiger partial charge in [0.2, 0.25) is 5.91 Å². The molecule has 0 aliphatic rings. The number of rotatable bonds is 7. The molecule has 9 nitrogen and oxygen atoms in total. The molecule has 2 heterocycles. The Bertz CT molecular complexity index is 1470. The molecule has 4 rings (SSSR count). The predicted octanol–water partition coefficient (Wildman–Crippen LogP) is 2.26. The van der Waals surface area contributed by atoms with E-state index in [-0.39, 0.29) is 16.9 Å². The number of ether oxygens (including phenoxy) is 1. The summed E-state index contributed by atoms with van der Waals surface area (Å²) in [5.74, 6) is -0.641. The molecule has 0 fully saturated rings. The van der Waals surface area contributed by atoms with Crippen LogP contribution in [0.4, 0.5) is 14.5 Å². The van der Waals surface area contributed by atoms with Gasteiger partial charge in [-0.1, -0.05) is 30.3 Å². The average Bonchev–Trinajstić information content (AvgIpc) is 3.19. The van der Waals surface area contributed by atoms with Crippen LogP contribution in [0, 0.1) is 0 Å². The Morgan fingerprint density at radius 3 is 2.56 bits per heavy atom. The number of benzene rings is 2. The van der Waals surface area contributed by atoms with Gasteiger partial charge < -0.3 is 14.6 Å². The van der Waals surface area contributed by atoms with Gasteiger partial charge in [0.1, 0.15) is 12.3 Å². The summed E-state index contributed by atoms with van der Waals surface area (Å²) in [6, 6.07) is 13.4. The maximum atomic E-state index is 12.9. The highest BCUT2D eigenvalue weighted by Gasteiger charge is 2.18. The van der Waals surface area contributed by atoms with E-state index in [9.17, 15) is 23.2 Å². The Morgan fingerprint density at radius 1 is 1.12 bits per heavy atom. The fraction of sp³-hybridized carbons (Fsp3) is 0.217. The zero-order chi connectivity index (χ0) is 24.4. The molecule has 0 aliphatic heterocycles. The maximum absolute atomic E-state index is 12.9. The molecule has 0 radical (unpaired) electrons. The van der Waals surface area contributed by atoms with E-state index in [4.69, 9.17) is 0 Å². The second-order valence-corrected chi connectivity index (χ2v) is 7.67. The molecule has 0 aliphatic carbocycles. The first-order valence-electron chi connectivity index (χ1n) is 10.3. The molecule has 1 amide bonds. The number of hydrogen-bond acceptors (Lipinski definition) is 5. The van der Waals surface area contributed by atoms with Crippen LogP contribution in [0.25, 0.3) is 11.2 Å². The molecule has 0 atom stereocenters. The first-order valence-corrected chi connectivity index (χ1v) is 10.3. The number of carbonyl (C=O) groups is 1. The van der Waals surface area contributed by atoms with Crippen LogP contribution in [0.1, 0.15) is 11.1 Å². The molecule has 0 bridgehead atoms. The molecule has 2 aromatic carbocycles. The third-order valence-electron chi connectivity index (χ3n) is 5.30. The third-order valence-corrected chi connectivity index (χ3v) is 5.30. The summed E-state index contributed by atoms with van der Waals surface area (Å²) >= 11 is 0. The molecular formula is C23H21F2N5O4. The lowest BCUT2D eigenvalue weighted by molar-refractivity contribution is -0.116. The number of halogens is 2. The van der Waals surface area contributed by atoms with Crippen molar-refractivity contribution in [2.75, 3.05) is 5.32 Å². The van der Waals surface area contributed by atoms with Gasteiger partial charge in [-0.3, -0.25) is 14.2 Å². The molecule has 34 heavy (non-hydrogen) atoms. The van der Waals surface area contributed by atoms with Crippen molar-refractivity contribution < 1.29 is 18.3 Å². The van der Waals surface area contributed by atoms with Crippen LogP contribution in [-0.4, -0.2) is 31.2 Å². The largest absolute Gasteiger partial charge is 0.435 e. The van der Waals surface area contributed by atoms with Gasteiger partial charge in [0.05, 0.1) is 6.33 Å². The van der Waals surface area contributed by atoms with Gasteiger partial charge in [0.15, 0.2) is 11.2 Å². The van der Waals surface area contributed by atoms with E-state index in [0.717, 1.165) is 10.1 Å². The second-order valence-electron chi connectivity index (χ2n) is 7.67. The number of carbonyl (C=O) groups excluding carboxylic acids is 1. The number of imidazole rings is 1. The number of anilines is 1. The molecule has 11 heteroatoms. The van der Waals surface area contributed by atoms with Gasteiger partial charge in [-0.15, -0.1) is 0 Å². The monoisotopic (exact) mass is 469 g/mol.